The van der Waals surface area contributed by atoms with E-state index in [1.165, 1.54) is 20.2 Å². The molecule has 5 nitrogen and oxygen atoms in total. The number of nitrogens with one attached hydrogen (secondary N) is 1. The molecule has 0 atom stereocenters. The lowest BCUT2D eigenvalue weighted by molar-refractivity contribution is 0.527. The average Bonchev–Trinajstić information content (AvgIpc) is 2.15. The highest BCUT2D eigenvalue weighted by atomic mass is 35.5. The van der Waals surface area contributed by atoms with Gasteiger partial charge in [-0.2, -0.15) is 12.7 Å². The Morgan fingerprint density at radius 2 is 2.06 bits per heavy atom. The zero-order chi connectivity index (χ0) is 13.2. The summed E-state index contributed by atoms with van der Waals surface area (Å²) in [5, 5.41) is 0.390. The summed E-state index contributed by atoms with van der Waals surface area (Å²) in [6, 6.07) is 4.61. The third-order valence-corrected chi connectivity index (χ3v) is 3.86. The summed E-state index contributed by atoms with van der Waals surface area (Å²) in [7, 11) is -0.794. The van der Waals surface area contributed by atoms with Crippen LogP contribution in [0.15, 0.2) is 18.2 Å². The first-order chi connectivity index (χ1) is 7.74. The van der Waals surface area contributed by atoms with Crippen molar-refractivity contribution in [2.45, 2.75) is 0 Å². The predicted octanol–water partition coefficient (Wildman–Crippen LogP) is 1.19. The molecule has 94 valence electrons. The van der Waals surface area contributed by atoms with Crippen LogP contribution in [0.5, 0.6) is 0 Å². The van der Waals surface area contributed by atoms with Crippen LogP contribution in [0.2, 0.25) is 5.02 Å². The van der Waals surface area contributed by atoms with Crippen molar-refractivity contribution < 1.29 is 8.42 Å². The Balaban J connectivity index is 3.22. The highest BCUT2D eigenvalue weighted by Crippen LogP contribution is 2.22. The Morgan fingerprint density at radius 1 is 1.47 bits per heavy atom. The van der Waals surface area contributed by atoms with Crippen molar-refractivity contribution in [2.75, 3.05) is 18.8 Å². The molecule has 0 spiro atoms. The fourth-order valence-electron chi connectivity index (χ4n) is 1.05. The van der Waals surface area contributed by atoms with E-state index in [-0.39, 0.29) is 10.7 Å². The number of benzene rings is 1. The van der Waals surface area contributed by atoms with E-state index in [0.717, 1.165) is 4.31 Å². The van der Waals surface area contributed by atoms with Crippen molar-refractivity contribution in [3.8, 4) is 0 Å². The van der Waals surface area contributed by atoms with Gasteiger partial charge in [-0.15, -0.1) is 0 Å². The van der Waals surface area contributed by atoms with Crippen LogP contribution in [0, 0.1) is 0 Å². The first kappa shape index (κ1) is 14.2. The highest BCUT2D eigenvalue weighted by Gasteiger charge is 2.16. The normalized spacial score (nSPS) is 11.5. The zero-order valence-electron chi connectivity index (χ0n) is 9.27. The third-order valence-electron chi connectivity index (χ3n) is 1.97. The van der Waals surface area contributed by atoms with Gasteiger partial charge in [-0.25, -0.2) is 0 Å². The maximum absolute atomic E-state index is 11.7. The molecular formula is C9H12ClN3O2S2. The van der Waals surface area contributed by atoms with Crippen LogP contribution in [-0.4, -0.2) is 31.8 Å². The second kappa shape index (κ2) is 5.18. The molecule has 0 unspecified atom stereocenters. The smallest absolute Gasteiger partial charge is 0.301 e. The number of nitrogens with zero attached hydrogens (tertiary/aromatic N) is 1. The number of hydrogen-bond acceptors (Lipinski definition) is 3. The molecule has 3 N–H and O–H groups in total. The van der Waals surface area contributed by atoms with E-state index in [0.29, 0.717) is 10.6 Å². The molecule has 1 rings (SSSR count). The SMILES string of the molecule is CN(C)S(=O)(=O)Nc1cc(Cl)ccc1C(N)=S. The van der Waals surface area contributed by atoms with Gasteiger partial charge >= 0.3 is 10.2 Å². The molecule has 0 aliphatic carbocycles. The molecule has 0 aliphatic rings. The molecule has 0 aromatic heterocycles. The minimum absolute atomic E-state index is 0.0955. The molecule has 0 radical (unpaired) electrons. The summed E-state index contributed by atoms with van der Waals surface area (Å²) in [6.45, 7) is 0. The molecule has 8 heteroatoms. The Kier molecular flexibility index (Phi) is 4.31. The highest BCUT2D eigenvalue weighted by molar-refractivity contribution is 7.90. The molecule has 1 aromatic carbocycles. The van der Waals surface area contributed by atoms with E-state index < -0.39 is 10.2 Å². The minimum atomic E-state index is -3.61. The Bertz CT molecular complexity index is 543. The molecule has 0 heterocycles. The second-order valence-corrected chi connectivity index (χ2v) is 6.20. The van der Waals surface area contributed by atoms with Crippen LogP contribution in [0.3, 0.4) is 0 Å². The molecule has 0 amide bonds. The topological polar surface area (TPSA) is 75.4 Å². The van der Waals surface area contributed by atoms with Gasteiger partial charge in [0, 0.05) is 24.7 Å². The van der Waals surface area contributed by atoms with Crippen molar-refractivity contribution in [3.63, 3.8) is 0 Å². The number of halogens is 1. The summed E-state index contributed by atoms with van der Waals surface area (Å²) in [6.07, 6.45) is 0. The van der Waals surface area contributed by atoms with Gasteiger partial charge in [-0.1, -0.05) is 23.8 Å². The van der Waals surface area contributed by atoms with Crippen LogP contribution >= 0.6 is 23.8 Å². The largest absolute Gasteiger partial charge is 0.389 e. The Morgan fingerprint density at radius 3 is 2.53 bits per heavy atom. The van der Waals surface area contributed by atoms with Gasteiger partial charge in [0.15, 0.2) is 0 Å². The van der Waals surface area contributed by atoms with Gasteiger partial charge in [-0.05, 0) is 18.2 Å². The van der Waals surface area contributed by atoms with Crippen LogP contribution in [-0.2, 0) is 10.2 Å². The van der Waals surface area contributed by atoms with Crippen LogP contribution in [0.4, 0.5) is 5.69 Å². The van der Waals surface area contributed by atoms with Crippen LogP contribution < -0.4 is 10.5 Å². The predicted molar refractivity (Wildman–Crippen MR) is 73.6 cm³/mol. The van der Waals surface area contributed by atoms with Gasteiger partial charge < -0.3 is 5.73 Å². The van der Waals surface area contributed by atoms with Gasteiger partial charge in [0.05, 0.1) is 5.69 Å². The van der Waals surface area contributed by atoms with Crippen LogP contribution in [0.25, 0.3) is 0 Å². The summed E-state index contributed by atoms with van der Waals surface area (Å²) < 4.78 is 26.7. The van der Waals surface area contributed by atoms with Crippen molar-refractivity contribution in [2.24, 2.45) is 5.73 Å². The number of thiocarbonyl (C=S) groups is 1. The van der Waals surface area contributed by atoms with Gasteiger partial charge in [0.2, 0.25) is 0 Å². The molecule has 17 heavy (non-hydrogen) atoms. The maximum Gasteiger partial charge on any atom is 0.301 e. The lowest BCUT2D eigenvalue weighted by Gasteiger charge is -2.15. The summed E-state index contributed by atoms with van der Waals surface area (Å²) in [5.41, 5.74) is 6.19. The number of nitrogens with two attached hydrogens (primary N) is 1. The van der Waals surface area contributed by atoms with Crippen molar-refractivity contribution in [3.05, 3.63) is 28.8 Å². The van der Waals surface area contributed by atoms with E-state index >= 15 is 0 Å². The molecule has 0 saturated carbocycles. The quantitative estimate of drug-likeness (QED) is 0.818. The molecule has 1 aromatic rings. The lowest BCUT2D eigenvalue weighted by Crippen LogP contribution is -2.30. The first-order valence-electron chi connectivity index (χ1n) is 4.53. The number of anilines is 1. The summed E-state index contributed by atoms with van der Waals surface area (Å²) >= 11 is 10.6. The van der Waals surface area contributed by atoms with E-state index in [1.54, 1.807) is 12.1 Å². The molecule has 0 saturated heterocycles. The molecule has 0 fully saturated rings. The van der Waals surface area contributed by atoms with Crippen molar-refractivity contribution in [1.82, 2.24) is 4.31 Å². The second-order valence-electron chi connectivity index (χ2n) is 3.44. The summed E-state index contributed by atoms with van der Waals surface area (Å²) in [4.78, 5) is 0.0955. The fraction of sp³-hybridized carbons (Fsp3) is 0.222. The Hall–Kier alpha value is -0.890. The minimum Gasteiger partial charge on any atom is -0.389 e. The fourth-order valence-corrected chi connectivity index (χ4v) is 2.03. The van der Waals surface area contributed by atoms with Crippen LogP contribution in [0.1, 0.15) is 5.56 Å². The van der Waals surface area contributed by atoms with E-state index in [9.17, 15) is 8.42 Å². The van der Waals surface area contributed by atoms with E-state index in [2.05, 4.69) is 4.72 Å². The lowest BCUT2D eigenvalue weighted by atomic mass is 10.2. The monoisotopic (exact) mass is 293 g/mol. The van der Waals surface area contributed by atoms with Gasteiger partial charge in [0.1, 0.15) is 4.99 Å². The van der Waals surface area contributed by atoms with E-state index in [1.807, 2.05) is 0 Å². The molecular weight excluding hydrogens is 282 g/mol. The van der Waals surface area contributed by atoms with Crippen molar-refractivity contribution >= 4 is 44.7 Å². The Labute approximate surface area is 111 Å². The molecule has 0 bridgehead atoms. The van der Waals surface area contributed by atoms with Gasteiger partial charge in [0.25, 0.3) is 0 Å². The first-order valence-corrected chi connectivity index (χ1v) is 6.76. The maximum atomic E-state index is 11.7. The van der Waals surface area contributed by atoms with Gasteiger partial charge in [-0.3, -0.25) is 4.72 Å². The molecule has 0 aliphatic heterocycles. The number of rotatable bonds is 4. The zero-order valence-corrected chi connectivity index (χ0v) is 11.7. The third kappa shape index (κ3) is 3.53. The van der Waals surface area contributed by atoms with E-state index in [4.69, 9.17) is 29.6 Å². The van der Waals surface area contributed by atoms with Crippen molar-refractivity contribution in [1.29, 1.82) is 0 Å². The standard InChI is InChI=1S/C9H12ClN3O2S2/c1-13(2)17(14,15)12-8-5-6(10)3-4-7(8)9(11)16/h3-5,12H,1-2H3,(H2,11,16). The summed E-state index contributed by atoms with van der Waals surface area (Å²) in [5.74, 6) is 0. The number of hydrogen-bond donors (Lipinski definition) is 2. The average molecular weight is 294 g/mol.